The number of amides is 4. The molecular formula is C23H22N4O3. The van der Waals surface area contributed by atoms with Crippen molar-refractivity contribution in [3.63, 3.8) is 0 Å². The van der Waals surface area contributed by atoms with Crippen LogP contribution in [0.2, 0.25) is 0 Å². The normalized spacial score (nSPS) is 18.6. The highest BCUT2D eigenvalue weighted by molar-refractivity contribution is 6.06. The van der Waals surface area contributed by atoms with Crippen LogP contribution in [0, 0.1) is 0 Å². The highest BCUT2D eigenvalue weighted by Gasteiger charge is 2.40. The number of imide groups is 1. The number of aromatic nitrogens is 1. The molecule has 1 aromatic heterocycles. The van der Waals surface area contributed by atoms with Gasteiger partial charge in [0, 0.05) is 36.6 Å². The summed E-state index contributed by atoms with van der Waals surface area (Å²) in [6.45, 7) is 0.882. The molecular weight excluding hydrogens is 380 g/mol. The topological polar surface area (TPSA) is 85.5 Å². The van der Waals surface area contributed by atoms with Crippen LogP contribution in [0.1, 0.15) is 16.7 Å². The summed E-state index contributed by atoms with van der Waals surface area (Å²) in [7, 11) is 0. The number of aromatic amines is 1. The summed E-state index contributed by atoms with van der Waals surface area (Å²) in [6.07, 6.45) is 3.03. The van der Waals surface area contributed by atoms with Crippen LogP contribution in [0.15, 0.2) is 54.7 Å². The van der Waals surface area contributed by atoms with Gasteiger partial charge in [-0.15, -0.1) is 0 Å². The Hall–Kier alpha value is -3.61. The largest absolute Gasteiger partial charge is 0.361 e. The van der Waals surface area contributed by atoms with E-state index in [0.717, 1.165) is 33.4 Å². The molecule has 2 aromatic carbocycles. The van der Waals surface area contributed by atoms with Crippen molar-refractivity contribution in [1.82, 2.24) is 20.1 Å². The van der Waals surface area contributed by atoms with E-state index in [4.69, 9.17) is 0 Å². The first-order valence-corrected chi connectivity index (χ1v) is 10.1. The van der Waals surface area contributed by atoms with Crippen LogP contribution in [-0.4, -0.2) is 51.8 Å². The molecule has 1 saturated heterocycles. The van der Waals surface area contributed by atoms with Crippen molar-refractivity contribution < 1.29 is 14.4 Å². The third kappa shape index (κ3) is 3.22. The monoisotopic (exact) mass is 402 g/mol. The van der Waals surface area contributed by atoms with Crippen LogP contribution in [0.4, 0.5) is 4.79 Å². The minimum absolute atomic E-state index is 0.208. The number of hydrogen-bond donors (Lipinski definition) is 2. The number of nitrogens with zero attached hydrogens (tertiary/aromatic N) is 2. The minimum atomic E-state index is -0.661. The first-order chi connectivity index (χ1) is 14.6. The van der Waals surface area contributed by atoms with E-state index < -0.39 is 12.1 Å². The van der Waals surface area contributed by atoms with Crippen molar-refractivity contribution in [2.24, 2.45) is 0 Å². The zero-order chi connectivity index (χ0) is 20.7. The summed E-state index contributed by atoms with van der Waals surface area (Å²) in [6, 6.07) is 14.7. The average molecular weight is 402 g/mol. The quantitative estimate of drug-likeness (QED) is 0.656. The Balaban J connectivity index is 1.26. The van der Waals surface area contributed by atoms with E-state index in [0.29, 0.717) is 19.5 Å². The Morgan fingerprint density at radius 1 is 1.03 bits per heavy atom. The standard InChI is InChI=1S/C23H22N4O3/c28-21(26-10-9-15-5-1-2-6-16(15)13-26)14-27-22(29)20(25-23(27)30)11-17-12-24-19-8-4-3-7-18(17)19/h1-8,12,20,24H,9-11,13-14H2,(H,25,30). The predicted molar refractivity (Wildman–Crippen MR) is 112 cm³/mol. The van der Waals surface area contributed by atoms with E-state index in [2.05, 4.69) is 16.4 Å². The van der Waals surface area contributed by atoms with Gasteiger partial charge in [0.2, 0.25) is 5.91 Å². The fourth-order valence-corrected chi connectivity index (χ4v) is 4.33. The van der Waals surface area contributed by atoms with E-state index in [-0.39, 0.29) is 18.4 Å². The van der Waals surface area contributed by atoms with Crippen molar-refractivity contribution >= 4 is 28.7 Å². The summed E-state index contributed by atoms with van der Waals surface area (Å²) >= 11 is 0. The zero-order valence-electron chi connectivity index (χ0n) is 16.4. The lowest BCUT2D eigenvalue weighted by Gasteiger charge is -2.29. The number of para-hydroxylation sites is 1. The first-order valence-electron chi connectivity index (χ1n) is 10.1. The van der Waals surface area contributed by atoms with E-state index >= 15 is 0 Å². The molecule has 5 rings (SSSR count). The van der Waals surface area contributed by atoms with Crippen LogP contribution < -0.4 is 5.32 Å². The van der Waals surface area contributed by atoms with E-state index in [1.165, 1.54) is 5.56 Å². The van der Waals surface area contributed by atoms with Gasteiger partial charge in [-0.3, -0.25) is 14.5 Å². The molecule has 7 nitrogen and oxygen atoms in total. The number of carbonyl (C=O) groups is 3. The molecule has 0 radical (unpaired) electrons. The number of fused-ring (bicyclic) bond motifs is 2. The first kappa shape index (κ1) is 18.4. The SMILES string of the molecule is O=C(CN1C(=O)NC(Cc2c[nH]c3ccccc23)C1=O)N1CCc2ccccc2C1. The Kier molecular flexibility index (Phi) is 4.50. The maximum atomic E-state index is 12.9. The zero-order valence-corrected chi connectivity index (χ0v) is 16.4. The molecule has 2 aliphatic rings. The number of rotatable bonds is 4. The van der Waals surface area contributed by atoms with Crippen molar-refractivity contribution in [1.29, 1.82) is 0 Å². The number of benzene rings is 2. The van der Waals surface area contributed by atoms with Crippen molar-refractivity contribution in [3.8, 4) is 0 Å². The van der Waals surface area contributed by atoms with Gasteiger partial charge in [-0.05, 0) is 29.2 Å². The highest BCUT2D eigenvalue weighted by atomic mass is 16.2. The van der Waals surface area contributed by atoms with Crippen LogP contribution in [0.3, 0.4) is 0 Å². The fraction of sp³-hybridized carbons (Fsp3) is 0.261. The summed E-state index contributed by atoms with van der Waals surface area (Å²) in [4.78, 5) is 44.0. The number of H-pyrrole nitrogens is 1. The second kappa shape index (κ2) is 7.33. The van der Waals surface area contributed by atoms with Gasteiger partial charge in [-0.2, -0.15) is 0 Å². The van der Waals surface area contributed by atoms with Gasteiger partial charge < -0.3 is 15.2 Å². The Morgan fingerprint density at radius 3 is 2.67 bits per heavy atom. The molecule has 3 aromatic rings. The smallest absolute Gasteiger partial charge is 0.325 e. The fourth-order valence-electron chi connectivity index (χ4n) is 4.33. The average Bonchev–Trinajstić information content (AvgIpc) is 3.29. The lowest BCUT2D eigenvalue weighted by Crippen LogP contribution is -2.45. The molecule has 1 unspecified atom stereocenters. The van der Waals surface area contributed by atoms with Gasteiger partial charge in [0.25, 0.3) is 5.91 Å². The van der Waals surface area contributed by atoms with Crippen LogP contribution in [-0.2, 0) is 29.0 Å². The van der Waals surface area contributed by atoms with Crippen molar-refractivity contribution in [2.45, 2.75) is 25.4 Å². The molecule has 2 N–H and O–H groups in total. The van der Waals surface area contributed by atoms with Crippen LogP contribution >= 0.6 is 0 Å². The number of urea groups is 1. The van der Waals surface area contributed by atoms with Gasteiger partial charge in [0.05, 0.1) is 0 Å². The Labute approximate surface area is 173 Å². The maximum absolute atomic E-state index is 12.9. The molecule has 0 spiro atoms. The molecule has 4 amide bonds. The van der Waals surface area contributed by atoms with Crippen molar-refractivity contribution in [3.05, 3.63) is 71.4 Å². The van der Waals surface area contributed by atoms with Gasteiger partial charge in [0.1, 0.15) is 12.6 Å². The molecule has 3 heterocycles. The van der Waals surface area contributed by atoms with Crippen LogP contribution in [0.25, 0.3) is 10.9 Å². The molecule has 152 valence electrons. The van der Waals surface area contributed by atoms with E-state index in [1.54, 1.807) is 4.90 Å². The van der Waals surface area contributed by atoms with Crippen LogP contribution in [0.5, 0.6) is 0 Å². The van der Waals surface area contributed by atoms with E-state index in [1.807, 2.05) is 48.7 Å². The number of nitrogens with one attached hydrogen (secondary N) is 2. The summed E-state index contributed by atoms with van der Waals surface area (Å²) in [5.41, 5.74) is 4.31. The third-order valence-electron chi connectivity index (χ3n) is 5.98. The lowest BCUT2D eigenvalue weighted by atomic mass is 10.00. The highest BCUT2D eigenvalue weighted by Crippen LogP contribution is 2.22. The second-order valence-corrected chi connectivity index (χ2v) is 7.82. The minimum Gasteiger partial charge on any atom is -0.361 e. The lowest BCUT2D eigenvalue weighted by molar-refractivity contribution is -0.138. The van der Waals surface area contributed by atoms with Gasteiger partial charge in [0.15, 0.2) is 0 Å². The van der Waals surface area contributed by atoms with Gasteiger partial charge >= 0.3 is 6.03 Å². The van der Waals surface area contributed by atoms with E-state index in [9.17, 15) is 14.4 Å². The van der Waals surface area contributed by atoms with Gasteiger partial charge in [-0.25, -0.2) is 4.79 Å². The molecule has 0 aliphatic carbocycles. The van der Waals surface area contributed by atoms with Crippen molar-refractivity contribution in [2.75, 3.05) is 13.1 Å². The summed E-state index contributed by atoms with van der Waals surface area (Å²) in [5.74, 6) is -0.559. The Morgan fingerprint density at radius 2 is 1.80 bits per heavy atom. The predicted octanol–water partition coefficient (Wildman–Crippen LogP) is 2.22. The number of hydrogen-bond acceptors (Lipinski definition) is 3. The molecule has 30 heavy (non-hydrogen) atoms. The third-order valence-corrected chi connectivity index (χ3v) is 5.98. The molecule has 0 bridgehead atoms. The molecule has 7 heteroatoms. The number of carbonyl (C=O) groups excluding carboxylic acids is 3. The second-order valence-electron chi connectivity index (χ2n) is 7.82. The molecule has 1 fully saturated rings. The summed E-state index contributed by atoms with van der Waals surface area (Å²) in [5, 5.41) is 3.76. The Bertz CT molecular complexity index is 1150. The molecule has 0 saturated carbocycles. The maximum Gasteiger partial charge on any atom is 0.325 e. The van der Waals surface area contributed by atoms with Gasteiger partial charge in [-0.1, -0.05) is 42.5 Å². The molecule has 1 atom stereocenters. The summed E-state index contributed by atoms with van der Waals surface area (Å²) < 4.78 is 0. The molecule has 2 aliphatic heterocycles.